The molecule has 0 aromatic rings. The minimum atomic E-state index is -0.640. The molecule has 2 rings (SSSR count). The first-order chi connectivity index (χ1) is 8.83. The normalized spacial score (nSPS) is 30.2. The van der Waals surface area contributed by atoms with Crippen LogP contribution in [0.2, 0.25) is 0 Å². The van der Waals surface area contributed by atoms with Gasteiger partial charge in [-0.1, -0.05) is 0 Å². The van der Waals surface area contributed by atoms with Gasteiger partial charge in [-0.3, -0.25) is 0 Å². The lowest BCUT2D eigenvalue weighted by Crippen LogP contribution is -2.46. The van der Waals surface area contributed by atoms with Crippen LogP contribution in [0.3, 0.4) is 0 Å². The van der Waals surface area contributed by atoms with Crippen molar-refractivity contribution in [1.29, 1.82) is 0 Å². The first-order valence-electron chi connectivity index (χ1n) is 6.48. The van der Waals surface area contributed by atoms with Crippen molar-refractivity contribution in [2.24, 2.45) is 17.8 Å². The number of esters is 1. The maximum Gasteiger partial charge on any atom is 0.408 e. The van der Waals surface area contributed by atoms with E-state index >= 15 is 0 Å². The number of carbonyl (C=O) groups is 2. The fourth-order valence-corrected chi connectivity index (χ4v) is 2.65. The van der Waals surface area contributed by atoms with Crippen molar-refractivity contribution in [1.82, 2.24) is 5.32 Å². The molecule has 1 aliphatic heterocycles. The highest BCUT2D eigenvalue weighted by Gasteiger charge is 2.60. The average molecular weight is 271 g/mol. The van der Waals surface area contributed by atoms with Crippen molar-refractivity contribution in [3.63, 3.8) is 0 Å². The molecule has 1 unspecified atom stereocenters. The Hall–Kier alpha value is -1.30. The lowest BCUT2D eigenvalue weighted by atomic mass is 10.1. The number of methoxy groups -OCH3 is 1. The van der Waals surface area contributed by atoms with E-state index in [4.69, 9.17) is 14.2 Å². The standard InChI is InChI=1S/C13H21NO5/c1-13(2,3)19-12(16)14-10(11(15)17-4)9-7-5-18-6-8(7)9/h7-10H,5-6H2,1-4H3,(H,14,16)/t7-,8+,9-,10?. The van der Waals surface area contributed by atoms with Crippen LogP contribution in [-0.4, -0.2) is 44.0 Å². The summed E-state index contributed by atoms with van der Waals surface area (Å²) in [5.74, 6) is 0.372. The van der Waals surface area contributed by atoms with E-state index in [0.717, 1.165) is 0 Å². The molecule has 0 spiro atoms. The molecule has 2 fully saturated rings. The molecule has 2 aliphatic rings. The van der Waals surface area contributed by atoms with Gasteiger partial charge in [-0.05, 0) is 32.6 Å². The van der Waals surface area contributed by atoms with Crippen LogP contribution in [0.4, 0.5) is 4.79 Å². The Balaban J connectivity index is 1.95. The number of hydrogen-bond acceptors (Lipinski definition) is 5. The molecule has 1 heterocycles. The summed E-state index contributed by atoms with van der Waals surface area (Å²) in [7, 11) is 1.32. The quantitative estimate of drug-likeness (QED) is 0.773. The zero-order chi connectivity index (χ0) is 14.2. The molecule has 4 atom stereocenters. The molecular formula is C13H21NO5. The second-order valence-electron chi connectivity index (χ2n) is 6.09. The largest absolute Gasteiger partial charge is 0.467 e. The Morgan fingerprint density at radius 3 is 2.32 bits per heavy atom. The van der Waals surface area contributed by atoms with Gasteiger partial charge >= 0.3 is 12.1 Å². The summed E-state index contributed by atoms with van der Waals surface area (Å²) in [6, 6.07) is -0.640. The van der Waals surface area contributed by atoms with Crippen LogP contribution < -0.4 is 5.32 Å². The summed E-state index contributed by atoms with van der Waals surface area (Å²) in [6.45, 7) is 6.63. The van der Waals surface area contributed by atoms with Crippen molar-refractivity contribution in [3.8, 4) is 0 Å². The molecule has 1 saturated heterocycles. The van der Waals surface area contributed by atoms with Crippen LogP contribution in [0, 0.1) is 17.8 Å². The zero-order valence-electron chi connectivity index (χ0n) is 11.8. The smallest absolute Gasteiger partial charge is 0.408 e. The Morgan fingerprint density at radius 2 is 1.84 bits per heavy atom. The summed E-state index contributed by atoms with van der Waals surface area (Å²) in [4.78, 5) is 23.6. The first kappa shape index (κ1) is 14.1. The third-order valence-corrected chi connectivity index (χ3v) is 3.53. The molecule has 1 amide bonds. The lowest BCUT2D eigenvalue weighted by molar-refractivity contribution is -0.144. The van der Waals surface area contributed by atoms with Gasteiger partial charge in [0.05, 0.1) is 20.3 Å². The van der Waals surface area contributed by atoms with Crippen molar-refractivity contribution < 1.29 is 23.8 Å². The maximum absolute atomic E-state index is 11.8. The molecule has 0 radical (unpaired) electrons. The Morgan fingerprint density at radius 1 is 1.26 bits per heavy atom. The highest BCUT2D eigenvalue weighted by Crippen LogP contribution is 2.52. The van der Waals surface area contributed by atoms with Crippen molar-refractivity contribution in [2.75, 3.05) is 20.3 Å². The van der Waals surface area contributed by atoms with Crippen LogP contribution >= 0.6 is 0 Å². The SMILES string of the molecule is COC(=O)C(NC(=O)OC(C)(C)C)[C@@H]1[C@@H]2COC[C@@H]21. The highest BCUT2D eigenvalue weighted by molar-refractivity contribution is 5.82. The highest BCUT2D eigenvalue weighted by atomic mass is 16.6. The van der Waals surface area contributed by atoms with Gasteiger partial charge in [0.15, 0.2) is 0 Å². The Bertz CT molecular complexity index is 366. The average Bonchev–Trinajstić information content (AvgIpc) is 2.75. The number of nitrogens with one attached hydrogen (secondary N) is 1. The first-order valence-corrected chi connectivity index (χ1v) is 6.48. The summed E-state index contributed by atoms with van der Waals surface area (Å²) in [6.07, 6.45) is -0.589. The molecule has 1 N–H and O–H groups in total. The van der Waals surface area contributed by atoms with Gasteiger partial charge in [-0.25, -0.2) is 9.59 Å². The lowest BCUT2D eigenvalue weighted by Gasteiger charge is -2.23. The van der Waals surface area contributed by atoms with E-state index in [1.165, 1.54) is 7.11 Å². The maximum atomic E-state index is 11.8. The van der Waals surface area contributed by atoms with Crippen LogP contribution in [0.1, 0.15) is 20.8 Å². The third-order valence-electron chi connectivity index (χ3n) is 3.53. The zero-order valence-corrected chi connectivity index (χ0v) is 11.8. The molecule has 0 bridgehead atoms. The number of alkyl carbamates (subject to hydrolysis) is 1. The second kappa shape index (κ2) is 5.00. The minimum absolute atomic E-state index is 0.105. The molecular weight excluding hydrogens is 250 g/mol. The predicted octanol–water partition coefficient (Wildman–Crippen LogP) is 0.945. The molecule has 6 heteroatoms. The third kappa shape index (κ3) is 3.18. The second-order valence-corrected chi connectivity index (χ2v) is 6.09. The Kier molecular flexibility index (Phi) is 3.71. The number of rotatable bonds is 3. The van der Waals surface area contributed by atoms with Crippen LogP contribution in [0.25, 0.3) is 0 Å². The molecule has 6 nitrogen and oxygen atoms in total. The van der Waals surface area contributed by atoms with E-state index in [-0.39, 0.29) is 5.92 Å². The van der Waals surface area contributed by atoms with E-state index in [1.54, 1.807) is 20.8 Å². The number of fused-ring (bicyclic) bond motifs is 1. The molecule has 1 aliphatic carbocycles. The van der Waals surface area contributed by atoms with Gasteiger partial charge in [0.2, 0.25) is 0 Å². The molecule has 0 aromatic heterocycles. The topological polar surface area (TPSA) is 73.9 Å². The monoisotopic (exact) mass is 271 g/mol. The van der Waals surface area contributed by atoms with Crippen LogP contribution in [0.15, 0.2) is 0 Å². The number of ether oxygens (including phenoxy) is 3. The van der Waals surface area contributed by atoms with E-state index in [0.29, 0.717) is 25.0 Å². The molecule has 1 saturated carbocycles. The van der Waals surface area contributed by atoms with E-state index in [1.807, 2.05) is 0 Å². The van der Waals surface area contributed by atoms with Gasteiger partial charge in [0, 0.05) is 5.92 Å². The minimum Gasteiger partial charge on any atom is -0.467 e. The van der Waals surface area contributed by atoms with Gasteiger partial charge in [-0.15, -0.1) is 0 Å². The summed E-state index contributed by atoms with van der Waals surface area (Å²) < 4.78 is 15.2. The van der Waals surface area contributed by atoms with E-state index in [2.05, 4.69) is 5.32 Å². The van der Waals surface area contributed by atoms with Crippen molar-refractivity contribution in [2.45, 2.75) is 32.4 Å². The number of amides is 1. The Labute approximate surface area is 112 Å². The van der Waals surface area contributed by atoms with Gasteiger partial charge in [0.1, 0.15) is 11.6 Å². The summed E-state index contributed by atoms with van der Waals surface area (Å²) in [5, 5.41) is 2.62. The summed E-state index contributed by atoms with van der Waals surface area (Å²) >= 11 is 0. The molecule has 108 valence electrons. The number of hydrogen-bond donors (Lipinski definition) is 1. The van der Waals surface area contributed by atoms with E-state index < -0.39 is 23.7 Å². The van der Waals surface area contributed by atoms with Crippen LogP contribution in [0.5, 0.6) is 0 Å². The van der Waals surface area contributed by atoms with Gasteiger partial charge < -0.3 is 19.5 Å². The van der Waals surface area contributed by atoms with Crippen molar-refractivity contribution >= 4 is 12.1 Å². The van der Waals surface area contributed by atoms with E-state index in [9.17, 15) is 9.59 Å². The predicted molar refractivity (Wildman–Crippen MR) is 66.5 cm³/mol. The van der Waals surface area contributed by atoms with Gasteiger partial charge in [0.25, 0.3) is 0 Å². The van der Waals surface area contributed by atoms with Crippen molar-refractivity contribution in [3.05, 3.63) is 0 Å². The van der Waals surface area contributed by atoms with Gasteiger partial charge in [-0.2, -0.15) is 0 Å². The van der Waals surface area contributed by atoms with Crippen LogP contribution in [-0.2, 0) is 19.0 Å². The molecule has 19 heavy (non-hydrogen) atoms. The fraction of sp³-hybridized carbons (Fsp3) is 0.846. The summed E-state index contributed by atoms with van der Waals surface area (Å²) in [5.41, 5.74) is -0.590. The fourth-order valence-electron chi connectivity index (χ4n) is 2.65. The molecule has 0 aromatic carbocycles. The number of carbonyl (C=O) groups excluding carboxylic acids is 2.